The lowest BCUT2D eigenvalue weighted by Crippen LogP contribution is -1.94. The highest BCUT2D eigenvalue weighted by Gasteiger charge is 2.23. The van der Waals surface area contributed by atoms with E-state index in [2.05, 4.69) is 9.98 Å². The van der Waals surface area contributed by atoms with Gasteiger partial charge in [-0.15, -0.1) is 11.8 Å². The van der Waals surface area contributed by atoms with Gasteiger partial charge >= 0.3 is 0 Å². The molecule has 0 radical (unpaired) electrons. The third-order valence-electron chi connectivity index (χ3n) is 2.44. The topological polar surface area (TPSA) is 42.3 Å². The molecule has 1 aliphatic heterocycles. The van der Waals surface area contributed by atoms with E-state index in [0.717, 1.165) is 21.2 Å². The van der Waals surface area contributed by atoms with Crippen molar-refractivity contribution in [2.75, 3.05) is 6.26 Å². The zero-order valence-electron chi connectivity index (χ0n) is 9.85. The number of nitrogens with zero attached hydrogens (tertiary/aromatic N) is 2. The van der Waals surface area contributed by atoms with Crippen molar-refractivity contribution in [1.82, 2.24) is 4.98 Å². The Bertz CT molecular complexity index is 518. The molecule has 0 unspecified atom stereocenters. The lowest BCUT2D eigenvalue weighted by molar-refractivity contribution is -0.113. The second kappa shape index (κ2) is 5.06. The van der Waals surface area contributed by atoms with Gasteiger partial charge in [0.25, 0.3) is 5.91 Å². The van der Waals surface area contributed by atoms with Gasteiger partial charge in [0.2, 0.25) is 0 Å². The number of aromatic nitrogens is 1. The van der Waals surface area contributed by atoms with Crippen LogP contribution in [0.4, 0.5) is 0 Å². The molecule has 1 aliphatic rings. The number of hydrogen-bond acceptors (Lipinski definition) is 4. The van der Waals surface area contributed by atoms with Gasteiger partial charge in [-0.2, -0.15) is 4.99 Å². The second-order valence-electron chi connectivity index (χ2n) is 3.63. The number of allylic oxidation sites excluding steroid dienone is 1. The molecule has 17 heavy (non-hydrogen) atoms. The maximum atomic E-state index is 11.7. The number of hydrogen-bond donors (Lipinski definition) is 0. The maximum absolute atomic E-state index is 11.7. The number of aliphatic imine (C=N–C) groups is 1. The summed E-state index contributed by atoms with van der Waals surface area (Å²) < 4.78 is 0.810. The van der Waals surface area contributed by atoms with Crippen LogP contribution >= 0.6 is 23.5 Å². The fraction of sp³-hybridized carbons (Fsp3) is 0.250. The standard InChI is InChI=1S/C12H12N2OS2/c1-7-4-5-9(6-13-7)8(2)10-11(15)14-12(16-3)17-10/h4-6H,1-3H3/b10-8+. The minimum atomic E-state index is -0.141. The minimum Gasteiger partial charge on any atom is -0.266 e. The highest BCUT2D eigenvalue weighted by atomic mass is 32.2. The Morgan fingerprint density at radius 2 is 2.18 bits per heavy atom. The summed E-state index contributed by atoms with van der Waals surface area (Å²) in [4.78, 5) is 20.7. The van der Waals surface area contributed by atoms with E-state index in [4.69, 9.17) is 0 Å². The van der Waals surface area contributed by atoms with Gasteiger partial charge in [0, 0.05) is 11.9 Å². The predicted molar refractivity (Wildman–Crippen MR) is 75.1 cm³/mol. The smallest absolute Gasteiger partial charge is 0.266 e. The summed E-state index contributed by atoms with van der Waals surface area (Å²) >= 11 is 2.94. The number of amides is 1. The molecule has 0 bridgehead atoms. The number of aryl methyl sites for hydroxylation is 1. The molecule has 0 fully saturated rings. The molecule has 0 atom stereocenters. The fourth-order valence-electron chi connectivity index (χ4n) is 1.43. The Hall–Kier alpha value is -1.07. The van der Waals surface area contributed by atoms with Crippen molar-refractivity contribution in [3.8, 4) is 0 Å². The first kappa shape index (κ1) is 12.4. The Morgan fingerprint density at radius 1 is 1.41 bits per heavy atom. The van der Waals surface area contributed by atoms with Gasteiger partial charge in [-0.1, -0.05) is 17.8 Å². The van der Waals surface area contributed by atoms with Gasteiger partial charge in [-0.3, -0.25) is 9.78 Å². The van der Waals surface area contributed by atoms with Gasteiger partial charge in [0.05, 0.1) is 4.91 Å². The van der Waals surface area contributed by atoms with Gasteiger partial charge in [0.15, 0.2) is 0 Å². The average Bonchev–Trinajstić information content (AvgIpc) is 2.71. The van der Waals surface area contributed by atoms with Crippen molar-refractivity contribution >= 4 is 39.4 Å². The molecular formula is C12H12N2OS2. The zero-order valence-corrected chi connectivity index (χ0v) is 11.5. The van der Waals surface area contributed by atoms with Crippen LogP contribution in [0.2, 0.25) is 0 Å². The summed E-state index contributed by atoms with van der Waals surface area (Å²) in [5, 5.41) is 0. The molecule has 1 aromatic heterocycles. The summed E-state index contributed by atoms with van der Waals surface area (Å²) in [5.41, 5.74) is 2.89. The van der Waals surface area contributed by atoms with Crippen LogP contribution < -0.4 is 0 Å². The summed E-state index contributed by atoms with van der Waals surface area (Å²) in [6.45, 7) is 3.88. The molecule has 0 aliphatic carbocycles. The van der Waals surface area contributed by atoms with Crippen molar-refractivity contribution in [2.24, 2.45) is 4.99 Å². The van der Waals surface area contributed by atoms with Crippen molar-refractivity contribution in [2.45, 2.75) is 13.8 Å². The molecule has 0 aromatic carbocycles. The van der Waals surface area contributed by atoms with Crippen LogP contribution in [0, 0.1) is 6.92 Å². The summed E-state index contributed by atoms with van der Waals surface area (Å²) in [5.74, 6) is -0.141. The molecule has 5 heteroatoms. The number of rotatable bonds is 1. The number of thioether (sulfide) groups is 2. The molecule has 0 saturated carbocycles. The predicted octanol–water partition coefficient (Wildman–Crippen LogP) is 3.11. The van der Waals surface area contributed by atoms with E-state index >= 15 is 0 Å². The van der Waals surface area contributed by atoms with E-state index in [1.165, 1.54) is 23.5 Å². The Morgan fingerprint density at radius 3 is 2.71 bits per heavy atom. The van der Waals surface area contributed by atoms with E-state index < -0.39 is 0 Å². The Kier molecular flexibility index (Phi) is 3.69. The number of pyridine rings is 1. The van der Waals surface area contributed by atoms with E-state index in [9.17, 15) is 4.79 Å². The van der Waals surface area contributed by atoms with E-state index in [1.54, 1.807) is 6.20 Å². The highest BCUT2D eigenvalue weighted by molar-refractivity contribution is 8.40. The SMILES string of the molecule is CSC1=NC(=O)/C(=C(/C)c2ccc(C)nc2)S1. The Labute approximate surface area is 109 Å². The molecule has 0 spiro atoms. The second-order valence-corrected chi connectivity index (χ2v) is 5.68. The molecule has 3 nitrogen and oxygen atoms in total. The van der Waals surface area contributed by atoms with Gasteiger partial charge < -0.3 is 0 Å². The lowest BCUT2D eigenvalue weighted by Gasteiger charge is -2.04. The van der Waals surface area contributed by atoms with Crippen LogP contribution in [0.1, 0.15) is 18.2 Å². The first-order chi connectivity index (χ1) is 8.11. The summed E-state index contributed by atoms with van der Waals surface area (Å²) in [6, 6.07) is 3.93. The third kappa shape index (κ3) is 2.61. The van der Waals surface area contributed by atoms with E-state index in [0.29, 0.717) is 4.91 Å². The quantitative estimate of drug-likeness (QED) is 0.731. The first-order valence-electron chi connectivity index (χ1n) is 5.10. The molecule has 1 amide bonds. The lowest BCUT2D eigenvalue weighted by atomic mass is 10.1. The van der Waals surface area contributed by atoms with Crippen molar-refractivity contribution < 1.29 is 4.79 Å². The number of carbonyl (C=O) groups is 1. The van der Waals surface area contributed by atoms with Gasteiger partial charge in [0.1, 0.15) is 4.38 Å². The van der Waals surface area contributed by atoms with Crippen LogP contribution in [0.5, 0.6) is 0 Å². The number of carbonyl (C=O) groups excluding carboxylic acids is 1. The molecule has 2 heterocycles. The van der Waals surface area contributed by atoms with Crippen LogP contribution in [0.25, 0.3) is 5.57 Å². The highest BCUT2D eigenvalue weighted by Crippen LogP contribution is 2.36. The van der Waals surface area contributed by atoms with Gasteiger partial charge in [-0.25, -0.2) is 0 Å². The van der Waals surface area contributed by atoms with Crippen molar-refractivity contribution in [3.63, 3.8) is 0 Å². The molecule has 0 saturated heterocycles. The van der Waals surface area contributed by atoms with Crippen LogP contribution in [-0.4, -0.2) is 21.5 Å². The normalized spacial score (nSPS) is 18.3. The van der Waals surface area contributed by atoms with Crippen LogP contribution in [0.15, 0.2) is 28.2 Å². The van der Waals surface area contributed by atoms with Crippen LogP contribution in [-0.2, 0) is 4.79 Å². The van der Waals surface area contributed by atoms with Crippen molar-refractivity contribution in [1.29, 1.82) is 0 Å². The minimum absolute atomic E-state index is 0.141. The summed E-state index contributed by atoms with van der Waals surface area (Å²) in [6.07, 6.45) is 3.72. The average molecular weight is 264 g/mol. The molecular weight excluding hydrogens is 252 g/mol. The monoisotopic (exact) mass is 264 g/mol. The fourth-order valence-corrected chi connectivity index (χ4v) is 2.90. The van der Waals surface area contributed by atoms with E-state index in [1.807, 2.05) is 32.2 Å². The zero-order chi connectivity index (χ0) is 12.4. The first-order valence-corrected chi connectivity index (χ1v) is 7.14. The molecule has 2 rings (SSSR count). The van der Waals surface area contributed by atoms with Crippen LogP contribution in [0.3, 0.4) is 0 Å². The van der Waals surface area contributed by atoms with Crippen molar-refractivity contribution in [3.05, 3.63) is 34.5 Å². The third-order valence-corrected chi connectivity index (χ3v) is 4.58. The van der Waals surface area contributed by atoms with Gasteiger partial charge in [-0.05, 0) is 37.3 Å². The van der Waals surface area contributed by atoms with E-state index in [-0.39, 0.29) is 5.91 Å². The maximum Gasteiger partial charge on any atom is 0.285 e. The molecule has 88 valence electrons. The molecule has 0 N–H and O–H groups in total. The summed E-state index contributed by atoms with van der Waals surface area (Å²) in [7, 11) is 0. The largest absolute Gasteiger partial charge is 0.285 e. The molecule has 1 aromatic rings. The Balaban J connectivity index is 2.34.